The van der Waals surface area contributed by atoms with Crippen molar-refractivity contribution in [3.05, 3.63) is 65.7 Å². The standard InChI is InChI=1S/C20H17Br2N3O6/c1-3-30-14-8-11(15(21)16(22)17(14)31-10(2)19(27)28)9-23-25-18(26)12-6-4-5-7-13(12)24-20(25)29/h4-10H,3H2,1-2H3,(H,24,29)(H,27,28)/t10-/m1/s1. The SMILES string of the molecule is CCOc1cc(C=Nn2c(=O)[nH]c3ccccc3c2=O)c(Br)c(Br)c1O[C@H](C)C(=O)O. The third-order valence-corrected chi connectivity index (χ3v) is 6.34. The molecule has 1 heterocycles. The Morgan fingerprint density at radius 1 is 1.29 bits per heavy atom. The Hall–Kier alpha value is -2.92. The first-order chi connectivity index (χ1) is 14.7. The van der Waals surface area contributed by atoms with Gasteiger partial charge in [-0.25, -0.2) is 9.59 Å². The number of aromatic nitrogens is 2. The molecule has 1 atom stereocenters. The summed E-state index contributed by atoms with van der Waals surface area (Å²) in [6.07, 6.45) is 0.198. The van der Waals surface area contributed by atoms with Crippen LogP contribution in [-0.4, -0.2) is 39.7 Å². The minimum absolute atomic E-state index is 0.196. The number of nitrogens with zero attached hydrogens (tertiary/aromatic N) is 2. The molecule has 3 rings (SSSR count). The molecule has 0 aliphatic rings. The molecular formula is C20H17Br2N3O6. The van der Waals surface area contributed by atoms with Gasteiger partial charge in [0.1, 0.15) is 0 Å². The van der Waals surface area contributed by atoms with E-state index >= 15 is 0 Å². The number of halogens is 2. The van der Waals surface area contributed by atoms with Crippen LogP contribution in [0.1, 0.15) is 19.4 Å². The van der Waals surface area contributed by atoms with Gasteiger partial charge in [0.25, 0.3) is 5.56 Å². The largest absolute Gasteiger partial charge is 0.490 e. The topological polar surface area (TPSA) is 123 Å². The number of hydrogen-bond donors (Lipinski definition) is 2. The van der Waals surface area contributed by atoms with Crippen LogP contribution < -0.4 is 20.7 Å². The van der Waals surface area contributed by atoms with E-state index in [0.717, 1.165) is 4.68 Å². The highest BCUT2D eigenvalue weighted by Gasteiger charge is 2.22. The van der Waals surface area contributed by atoms with Crippen molar-refractivity contribution in [1.29, 1.82) is 0 Å². The van der Waals surface area contributed by atoms with Crippen LogP contribution >= 0.6 is 31.9 Å². The fourth-order valence-electron chi connectivity index (χ4n) is 2.68. The Balaban J connectivity index is 2.09. The van der Waals surface area contributed by atoms with E-state index < -0.39 is 23.3 Å². The van der Waals surface area contributed by atoms with Crippen LogP contribution in [0.25, 0.3) is 10.9 Å². The molecule has 0 fully saturated rings. The highest BCUT2D eigenvalue weighted by Crippen LogP contribution is 2.43. The molecule has 0 bridgehead atoms. The first-order valence-electron chi connectivity index (χ1n) is 9.07. The number of benzene rings is 2. The minimum Gasteiger partial charge on any atom is -0.490 e. The minimum atomic E-state index is -1.13. The van der Waals surface area contributed by atoms with E-state index in [1.807, 2.05) is 0 Å². The number of ether oxygens (including phenoxy) is 2. The molecule has 3 aromatic rings. The van der Waals surface area contributed by atoms with Gasteiger partial charge in [-0.05, 0) is 63.9 Å². The maximum absolute atomic E-state index is 12.6. The molecule has 31 heavy (non-hydrogen) atoms. The number of aromatic amines is 1. The number of aliphatic carboxylic acids is 1. The second-order valence-electron chi connectivity index (χ2n) is 6.29. The van der Waals surface area contributed by atoms with Crippen molar-refractivity contribution < 1.29 is 19.4 Å². The van der Waals surface area contributed by atoms with Gasteiger partial charge in [0.2, 0.25) is 0 Å². The molecule has 0 aliphatic carbocycles. The van der Waals surface area contributed by atoms with Crippen LogP contribution in [0.15, 0.2) is 54.0 Å². The number of nitrogens with one attached hydrogen (secondary N) is 1. The number of carboxylic acid groups (broad SMARTS) is 1. The summed E-state index contributed by atoms with van der Waals surface area (Å²) >= 11 is 6.77. The van der Waals surface area contributed by atoms with Crippen molar-refractivity contribution in [2.75, 3.05) is 6.61 Å². The molecule has 0 radical (unpaired) electrons. The summed E-state index contributed by atoms with van der Waals surface area (Å²) in [6.45, 7) is 3.46. The van der Waals surface area contributed by atoms with Gasteiger partial charge >= 0.3 is 11.7 Å². The van der Waals surface area contributed by atoms with Crippen molar-refractivity contribution >= 4 is 54.9 Å². The quantitative estimate of drug-likeness (QED) is 0.432. The Kier molecular flexibility index (Phi) is 6.96. The summed E-state index contributed by atoms with van der Waals surface area (Å²) in [5.41, 5.74) is -0.368. The van der Waals surface area contributed by atoms with E-state index in [4.69, 9.17) is 14.6 Å². The maximum atomic E-state index is 12.6. The molecule has 0 saturated heterocycles. The first kappa shape index (κ1) is 22.8. The van der Waals surface area contributed by atoms with Gasteiger partial charge in [0.05, 0.1) is 28.2 Å². The van der Waals surface area contributed by atoms with Crippen molar-refractivity contribution in [3.8, 4) is 11.5 Å². The maximum Gasteiger partial charge on any atom is 0.349 e. The van der Waals surface area contributed by atoms with Gasteiger partial charge in [-0.1, -0.05) is 12.1 Å². The predicted octanol–water partition coefficient (Wildman–Crippen LogP) is 3.35. The van der Waals surface area contributed by atoms with Crippen molar-refractivity contribution in [1.82, 2.24) is 9.66 Å². The molecule has 162 valence electrons. The van der Waals surface area contributed by atoms with Crippen LogP contribution in [0.3, 0.4) is 0 Å². The molecule has 0 unspecified atom stereocenters. The van der Waals surface area contributed by atoms with E-state index in [-0.39, 0.29) is 11.5 Å². The Labute approximate surface area is 192 Å². The highest BCUT2D eigenvalue weighted by molar-refractivity contribution is 9.13. The average molecular weight is 555 g/mol. The lowest BCUT2D eigenvalue weighted by Gasteiger charge is -2.18. The molecule has 9 nitrogen and oxygen atoms in total. The van der Waals surface area contributed by atoms with Crippen molar-refractivity contribution in [2.45, 2.75) is 20.0 Å². The second-order valence-corrected chi connectivity index (χ2v) is 7.88. The van der Waals surface area contributed by atoms with Crippen LogP contribution in [0, 0.1) is 0 Å². The Bertz CT molecular complexity index is 1300. The summed E-state index contributed by atoms with van der Waals surface area (Å²) in [5, 5.41) is 13.5. The van der Waals surface area contributed by atoms with Gasteiger partial charge < -0.3 is 19.6 Å². The lowest BCUT2D eigenvalue weighted by atomic mass is 10.2. The highest BCUT2D eigenvalue weighted by atomic mass is 79.9. The number of carboxylic acids is 1. The molecule has 2 aromatic carbocycles. The van der Waals surface area contributed by atoms with E-state index in [2.05, 4.69) is 41.9 Å². The third-order valence-electron chi connectivity index (χ3n) is 4.19. The van der Waals surface area contributed by atoms with Gasteiger partial charge in [-0.3, -0.25) is 4.79 Å². The second kappa shape index (κ2) is 9.48. The van der Waals surface area contributed by atoms with Crippen molar-refractivity contribution in [2.24, 2.45) is 5.10 Å². The Morgan fingerprint density at radius 3 is 2.68 bits per heavy atom. The number of rotatable bonds is 7. The smallest absolute Gasteiger partial charge is 0.349 e. The van der Waals surface area contributed by atoms with E-state index in [9.17, 15) is 14.4 Å². The van der Waals surface area contributed by atoms with E-state index in [1.54, 1.807) is 37.3 Å². The molecule has 0 aliphatic heterocycles. The van der Waals surface area contributed by atoms with Crippen molar-refractivity contribution in [3.63, 3.8) is 0 Å². The number of hydrogen-bond acceptors (Lipinski definition) is 6. The van der Waals surface area contributed by atoms with Gasteiger partial charge in [-0.2, -0.15) is 5.10 Å². The third kappa shape index (κ3) is 4.72. The molecule has 0 saturated carbocycles. The summed E-state index contributed by atoms with van der Waals surface area (Å²) in [5.74, 6) is -0.667. The number of fused-ring (bicyclic) bond motifs is 1. The number of carbonyl (C=O) groups is 1. The zero-order chi connectivity index (χ0) is 22.7. The average Bonchev–Trinajstić information content (AvgIpc) is 2.73. The molecule has 11 heteroatoms. The lowest BCUT2D eigenvalue weighted by molar-refractivity contribution is -0.144. The van der Waals surface area contributed by atoms with E-state index in [0.29, 0.717) is 32.0 Å². The predicted molar refractivity (Wildman–Crippen MR) is 123 cm³/mol. The van der Waals surface area contributed by atoms with Gasteiger partial charge in [0.15, 0.2) is 17.6 Å². The molecule has 0 spiro atoms. The zero-order valence-electron chi connectivity index (χ0n) is 16.4. The molecule has 2 N–H and O–H groups in total. The van der Waals surface area contributed by atoms with Gasteiger partial charge in [0, 0.05) is 10.0 Å². The van der Waals surface area contributed by atoms with Crippen LogP contribution in [0.2, 0.25) is 0 Å². The monoisotopic (exact) mass is 553 g/mol. The van der Waals surface area contributed by atoms with Gasteiger partial charge in [-0.15, -0.1) is 4.68 Å². The normalized spacial score (nSPS) is 12.3. The fourth-order valence-corrected chi connectivity index (χ4v) is 3.59. The van der Waals surface area contributed by atoms with Crippen LogP contribution in [0.4, 0.5) is 0 Å². The number of para-hydroxylation sites is 1. The first-order valence-corrected chi connectivity index (χ1v) is 10.7. The molecular weight excluding hydrogens is 538 g/mol. The lowest BCUT2D eigenvalue weighted by Crippen LogP contribution is -2.32. The van der Waals surface area contributed by atoms with Crippen LogP contribution in [0.5, 0.6) is 11.5 Å². The number of H-pyrrole nitrogens is 1. The van der Waals surface area contributed by atoms with E-state index in [1.165, 1.54) is 13.1 Å². The summed E-state index contributed by atoms with van der Waals surface area (Å²) in [4.78, 5) is 38.7. The zero-order valence-corrected chi connectivity index (χ0v) is 19.6. The Morgan fingerprint density at radius 2 is 2.00 bits per heavy atom. The summed E-state index contributed by atoms with van der Waals surface area (Å²) in [7, 11) is 0. The van der Waals surface area contributed by atoms with Crippen LogP contribution in [-0.2, 0) is 4.79 Å². The summed E-state index contributed by atoms with van der Waals surface area (Å²) in [6, 6.07) is 8.19. The molecule has 1 aromatic heterocycles. The molecule has 0 amide bonds. The fraction of sp³-hybridized carbons (Fsp3) is 0.200. The summed E-state index contributed by atoms with van der Waals surface area (Å²) < 4.78 is 12.7.